The molecule has 0 radical (unpaired) electrons. The summed E-state index contributed by atoms with van der Waals surface area (Å²) in [4.78, 5) is 14.8. The van der Waals surface area contributed by atoms with Crippen molar-refractivity contribution < 1.29 is 14.6 Å². The minimum absolute atomic E-state index is 0.116. The van der Waals surface area contributed by atoms with E-state index in [9.17, 15) is 4.79 Å². The standard InChI is InChI=1S/C21H19NO3/c1-13-5-4-6-16(11-13)18-8-7-17(12-14(18)2)19-9-10-22-20(15(19)3)25-21(23)24/h4-12H,1-3H3,(H,23,24). The first-order valence-electron chi connectivity index (χ1n) is 8.00. The summed E-state index contributed by atoms with van der Waals surface area (Å²) < 4.78 is 4.75. The summed E-state index contributed by atoms with van der Waals surface area (Å²) in [6.45, 7) is 5.97. The van der Waals surface area contributed by atoms with Gasteiger partial charge in [-0.1, -0.05) is 48.0 Å². The first-order chi connectivity index (χ1) is 12.0. The number of carbonyl (C=O) groups is 1. The van der Waals surface area contributed by atoms with Crippen LogP contribution in [0.1, 0.15) is 16.7 Å². The van der Waals surface area contributed by atoms with Gasteiger partial charge >= 0.3 is 6.16 Å². The molecule has 0 atom stereocenters. The fourth-order valence-corrected chi connectivity index (χ4v) is 2.98. The maximum atomic E-state index is 10.8. The molecule has 2 aromatic carbocycles. The van der Waals surface area contributed by atoms with E-state index in [0.29, 0.717) is 5.56 Å². The number of nitrogens with zero attached hydrogens (tertiary/aromatic N) is 1. The largest absolute Gasteiger partial charge is 0.512 e. The molecule has 126 valence electrons. The van der Waals surface area contributed by atoms with E-state index in [1.165, 1.54) is 16.7 Å². The van der Waals surface area contributed by atoms with Gasteiger partial charge in [0.05, 0.1) is 0 Å². The minimum Gasteiger partial charge on any atom is -0.449 e. The van der Waals surface area contributed by atoms with Crippen LogP contribution >= 0.6 is 0 Å². The van der Waals surface area contributed by atoms with Crippen molar-refractivity contribution in [2.75, 3.05) is 0 Å². The molecule has 4 nitrogen and oxygen atoms in total. The monoisotopic (exact) mass is 333 g/mol. The van der Waals surface area contributed by atoms with E-state index in [4.69, 9.17) is 9.84 Å². The van der Waals surface area contributed by atoms with Gasteiger partial charge in [0.15, 0.2) is 0 Å². The molecule has 0 aliphatic carbocycles. The van der Waals surface area contributed by atoms with Crippen molar-refractivity contribution >= 4 is 6.16 Å². The lowest BCUT2D eigenvalue weighted by atomic mass is 9.94. The van der Waals surface area contributed by atoms with Gasteiger partial charge in [-0.05, 0) is 54.7 Å². The lowest BCUT2D eigenvalue weighted by molar-refractivity contribution is 0.142. The Morgan fingerprint density at radius 2 is 1.72 bits per heavy atom. The van der Waals surface area contributed by atoms with Crippen molar-refractivity contribution in [1.29, 1.82) is 0 Å². The number of hydrogen-bond donors (Lipinski definition) is 1. The molecule has 25 heavy (non-hydrogen) atoms. The van der Waals surface area contributed by atoms with Crippen molar-refractivity contribution in [3.63, 3.8) is 0 Å². The molecule has 0 saturated carbocycles. The average Bonchev–Trinajstić information content (AvgIpc) is 2.56. The van der Waals surface area contributed by atoms with Crippen molar-refractivity contribution in [3.05, 3.63) is 71.4 Å². The molecule has 0 aliphatic rings. The van der Waals surface area contributed by atoms with Gasteiger partial charge in [0, 0.05) is 11.8 Å². The van der Waals surface area contributed by atoms with E-state index in [1.54, 1.807) is 6.20 Å². The highest BCUT2D eigenvalue weighted by Crippen LogP contribution is 2.32. The topological polar surface area (TPSA) is 59.4 Å². The highest BCUT2D eigenvalue weighted by atomic mass is 16.7. The van der Waals surface area contributed by atoms with Crippen LogP contribution in [-0.2, 0) is 0 Å². The molecule has 4 heteroatoms. The Bertz CT molecular complexity index is 948. The molecule has 1 N–H and O–H groups in total. The van der Waals surface area contributed by atoms with Crippen LogP contribution in [0.3, 0.4) is 0 Å². The van der Waals surface area contributed by atoms with E-state index >= 15 is 0 Å². The first-order valence-corrected chi connectivity index (χ1v) is 8.00. The Hall–Kier alpha value is -3.14. The van der Waals surface area contributed by atoms with E-state index in [2.05, 4.69) is 55.2 Å². The smallest absolute Gasteiger partial charge is 0.449 e. The first kappa shape index (κ1) is 16.7. The maximum Gasteiger partial charge on any atom is 0.512 e. The predicted molar refractivity (Wildman–Crippen MR) is 98.0 cm³/mol. The minimum atomic E-state index is -1.36. The summed E-state index contributed by atoms with van der Waals surface area (Å²) in [5.74, 6) is 0.116. The Labute approximate surface area is 146 Å². The van der Waals surface area contributed by atoms with Gasteiger partial charge in [0.25, 0.3) is 0 Å². The summed E-state index contributed by atoms with van der Waals surface area (Å²) in [6, 6.07) is 16.5. The molecule has 0 fully saturated rings. The van der Waals surface area contributed by atoms with Crippen LogP contribution in [0.15, 0.2) is 54.7 Å². The molecule has 1 aromatic heterocycles. The summed E-state index contributed by atoms with van der Waals surface area (Å²) in [7, 11) is 0. The Balaban J connectivity index is 2.03. The van der Waals surface area contributed by atoms with Crippen LogP contribution in [0.5, 0.6) is 5.88 Å². The number of rotatable bonds is 3. The molecule has 3 rings (SSSR count). The van der Waals surface area contributed by atoms with Gasteiger partial charge in [-0.2, -0.15) is 0 Å². The van der Waals surface area contributed by atoms with Gasteiger partial charge < -0.3 is 9.84 Å². The maximum absolute atomic E-state index is 10.8. The third kappa shape index (κ3) is 3.53. The molecule has 0 spiro atoms. The van der Waals surface area contributed by atoms with Crippen LogP contribution in [0.2, 0.25) is 0 Å². The number of ether oxygens (including phenoxy) is 1. The number of carboxylic acid groups (broad SMARTS) is 1. The fourth-order valence-electron chi connectivity index (χ4n) is 2.98. The van der Waals surface area contributed by atoms with E-state index in [-0.39, 0.29) is 5.88 Å². The Morgan fingerprint density at radius 1 is 0.960 bits per heavy atom. The van der Waals surface area contributed by atoms with Crippen LogP contribution in [0.4, 0.5) is 4.79 Å². The summed E-state index contributed by atoms with van der Waals surface area (Å²) in [6.07, 6.45) is 0.198. The number of hydrogen-bond acceptors (Lipinski definition) is 3. The van der Waals surface area contributed by atoms with Crippen LogP contribution < -0.4 is 4.74 Å². The zero-order chi connectivity index (χ0) is 18.0. The highest BCUT2D eigenvalue weighted by molar-refractivity contribution is 5.76. The van der Waals surface area contributed by atoms with E-state index in [1.807, 2.05) is 19.1 Å². The van der Waals surface area contributed by atoms with Crippen LogP contribution in [0.25, 0.3) is 22.3 Å². The summed E-state index contributed by atoms with van der Waals surface area (Å²) in [5.41, 5.74) is 7.36. The molecule has 3 aromatic rings. The van der Waals surface area contributed by atoms with E-state index < -0.39 is 6.16 Å². The second-order valence-corrected chi connectivity index (χ2v) is 6.06. The summed E-state index contributed by atoms with van der Waals surface area (Å²) in [5, 5.41) is 8.82. The molecule has 0 saturated heterocycles. The third-order valence-corrected chi connectivity index (χ3v) is 4.21. The second kappa shape index (κ2) is 6.77. The molecule has 0 unspecified atom stereocenters. The third-order valence-electron chi connectivity index (χ3n) is 4.21. The predicted octanol–water partition coefficient (Wildman–Crippen LogP) is 5.40. The zero-order valence-electron chi connectivity index (χ0n) is 14.4. The van der Waals surface area contributed by atoms with Crippen LogP contribution in [0, 0.1) is 20.8 Å². The van der Waals surface area contributed by atoms with E-state index in [0.717, 1.165) is 16.7 Å². The normalized spacial score (nSPS) is 10.5. The molecular formula is C21H19NO3. The molecule has 1 heterocycles. The summed E-state index contributed by atoms with van der Waals surface area (Å²) >= 11 is 0. The van der Waals surface area contributed by atoms with Gasteiger partial charge in [-0.3, -0.25) is 0 Å². The van der Waals surface area contributed by atoms with Crippen molar-refractivity contribution in [2.45, 2.75) is 20.8 Å². The average molecular weight is 333 g/mol. The van der Waals surface area contributed by atoms with Gasteiger partial charge in [-0.15, -0.1) is 0 Å². The second-order valence-electron chi connectivity index (χ2n) is 6.06. The highest BCUT2D eigenvalue weighted by Gasteiger charge is 2.12. The fraction of sp³-hybridized carbons (Fsp3) is 0.143. The van der Waals surface area contributed by atoms with Crippen molar-refractivity contribution in [2.24, 2.45) is 0 Å². The quantitative estimate of drug-likeness (QED) is 0.652. The molecule has 0 aliphatic heterocycles. The number of aryl methyl sites for hydroxylation is 2. The molecular weight excluding hydrogens is 314 g/mol. The van der Waals surface area contributed by atoms with Gasteiger partial charge in [0.1, 0.15) is 0 Å². The van der Waals surface area contributed by atoms with Gasteiger partial charge in [0.2, 0.25) is 5.88 Å². The number of pyridine rings is 1. The zero-order valence-corrected chi connectivity index (χ0v) is 14.4. The molecule has 0 amide bonds. The lowest BCUT2D eigenvalue weighted by Gasteiger charge is -2.12. The Kier molecular flexibility index (Phi) is 4.52. The number of aromatic nitrogens is 1. The number of benzene rings is 2. The van der Waals surface area contributed by atoms with Crippen molar-refractivity contribution in [3.8, 4) is 28.1 Å². The molecule has 0 bridgehead atoms. The van der Waals surface area contributed by atoms with Crippen LogP contribution in [-0.4, -0.2) is 16.2 Å². The van der Waals surface area contributed by atoms with Crippen molar-refractivity contribution in [1.82, 2.24) is 4.98 Å². The lowest BCUT2D eigenvalue weighted by Crippen LogP contribution is -2.06. The Morgan fingerprint density at radius 3 is 2.40 bits per heavy atom. The van der Waals surface area contributed by atoms with Gasteiger partial charge in [-0.25, -0.2) is 9.78 Å². The SMILES string of the molecule is Cc1cccc(-c2ccc(-c3ccnc(OC(=O)O)c3C)cc2C)c1.